The van der Waals surface area contributed by atoms with E-state index in [-0.39, 0.29) is 17.9 Å². The Hall–Kier alpha value is -4.21. The van der Waals surface area contributed by atoms with Crippen LogP contribution in [0.5, 0.6) is 0 Å². The fourth-order valence-electron chi connectivity index (χ4n) is 5.73. The average molecular weight is 557 g/mol. The maximum atomic E-state index is 13.3. The number of amides is 2. The van der Waals surface area contributed by atoms with Gasteiger partial charge in [-0.2, -0.15) is 0 Å². The molecule has 2 aromatic carbocycles. The van der Waals surface area contributed by atoms with Crippen molar-refractivity contribution < 1.29 is 14.1 Å². The van der Waals surface area contributed by atoms with E-state index in [2.05, 4.69) is 37.4 Å². The van der Waals surface area contributed by atoms with Crippen LogP contribution in [0.2, 0.25) is 5.02 Å². The van der Waals surface area contributed by atoms with Crippen LogP contribution in [0.3, 0.4) is 0 Å². The van der Waals surface area contributed by atoms with E-state index in [1.807, 2.05) is 43.4 Å². The highest BCUT2D eigenvalue weighted by atomic mass is 35.5. The number of nitrogens with zero attached hydrogens (tertiary/aromatic N) is 5. The quantitative estimate of drug-likeness (QED) is 0.374. The number of carbonyl (C=O) groups is 2. The topological polar surface area (TPSA) is 94.8 Å². The van der Waals surface area contributed by atoms with Crippen LogP contribution in [0.15, 0.2) is 65.3 Å². The summed E-state index contributed by atoms with van der Waals surface area (Å²) in [7, 11) is 1.84. The molecule has 6 rings (SSSR count). The standard InChI is InChI=1S/C30H29ClN6O3/c1-18-26(19(2)40-34-18)29(38)33-20-16-24(31)28(32-17-20)37-14-12-36(13-15-37)27-21-8-4-5-9-22(21)30(39)35(3)25-11-7-6-10-23(25)27/h4-11,16-17,27H,12-15H2,1-3H3,(H,33,38). The minimum atomic E-state index is -0.316. The highest BCUT2D eigenvalue weighted by Crippen LogP contribution is 2.40. The van der Waals surface area contributed by atoms with Crippen LogP contribution >= 0.6 is 11.6 Å². The van der Waals surface area contributed by atoms with E-state index in [1.165, 1.54) is 0 Å². The number of benzene rings is 2. The Labute approximate surface area is 237 Å². The Morgan fingerprint density at radius 2 is 1.73 bits per heavy atom. The van der Waals surface area contributed by atoms with Gasteiger partial charge in [-0.05, 0) is 43.2 Å². The van der Waals surface area contributed by atoms with Gasteiger partial charge in [-0.15, -0.1) is 0 Å². The summed E-state index contributed by atoms with van der Waals surface area (Å²) in [5.74, 6) is 0.817. The lowest BCUT2D eigenvalue weighted by Gasteiger charge is -2.40. The number of hydrogen-bond donors (Lipinski definition) is 1. The molecule has 2 aromatic heterocycles. The molecule has 0 radical (unpaired) electrons. The minimum Gasteiger partial charge on any atom is -0.361 e. The normalized spacial score (nSPS) is 17.3. The van der Waals surface area contributed by atoms with Gasteiger partial charge in [0, 0.05) is 44.5 Å². The number of para-hydroxylation sites is 1. The van der Waals surface area contributed by atoms with Gasteiger partial charge in [-0.1, -0.05) is 53.2 Å². The molecule has 0 aliphatic carbocycles. The molecule has 4 heterocycles. The van der Waals surface area contributed by atoms with E-state index >= 15 is 0 Å². The Bertz CT molecular complexity index is 1590. The lowest BCUT2D eigenvalue weighted by Crippen LogP contribution is -2.48. The van der Waals surface area contributed by atoms with Gasteiger partial charge in [-0.3, -0.25) is 14.5 Å². The lowest BCUT2D eigenvalue weighted by molar-refractivity contribution is 0.0990. The molecule has 1 N–H and O–H groups in total. The maximum Gasteiger partial charge on any atom is 0.261 e. The second-order valence-corrected chi connectivity index (χ2v) is 10.5. The van der Waals surface area contributed by atoms with E-state index < -0.39 is 0 Å². The van der Waals surface area contributed by atoms with Crippen molar-refractivity contribution in [2.45, 2.75) is 19.9 Å². The maximum absolute atomic E-state index is 13.3. The summed E-state index contributed by atoms with van der Waals surface area (Å²) >= 11 is 6.66. The molecule has 0 saturated carbocycles. The monoisotopic (exact) mass is 556 g/mol. The molecule has 10 heteroatoms. The molecule has 1 saturated heterocycles. The summed E-state index contributed by atoms with van der Waals surface area (Å²) < 4.78 is 5.10. The highest BCUT2D eigenvalue weighted by Gasteiger charge is 2.35. The molecule has 2 aliphatic rings. The van der Waals surface area contributed by atoms with Crippen molar-refractivity contribution in [3.63, 3.8) is 0 Å². The minimum absolute atomic E-state index is 0.00158. The largest absolute Gasteiger partial charge is 0.361 e. The van der Waals surface area contributed by atoms with Gasteiger partial charge < -0.3 is 19.6 Å². The Morgan fingerprint density at radius 3 is 2.42 bits per heavy atom. The molecule has 4 aromatic rings. The van der Waals surface area contributed by atoms with E-state index in [0.29, 0.717) is 46.6 Å². The molecule has 1 atom stereocenters. The Kier molecular flexibility index (Phi) is 6.77. The summed E-state index contributed by atoms with van der Waals surface area (Å²) in [5.41, 5.74) is 5.23. The number of carbonyl (C=O) groups excluding carboxylic acids is 2. The fourth-order valence-corrected chi connectivity index (χ4v) is 6.02. The molecule has 204 valence electrons. The van der Waals surface area contributed by atoms with Gasteiger partial charge in [0.2, 0.25) is 0 Å². The molecular formula is C30H29ClN6O3. The van der Waals surface area contributed by atoms with Crippen molar-refractivity contribution >= 4 is 40.6 Å². The average Bonchev–Trinajstić information content (AvgIpc) is 3.27. The van der Waals surface area contributed by atoms with Crippen molar-refractivity contribution in [2.75, 3.05) is 48.3 Å². The second kappa shape index (κ2) is 10.4. The first kappa shape index (κ1) is 26.0. The number of halogens is 1. The molecule has 40 heavy (non-hydrogen) atoms. The third kappa shape index (κ3) is 4.51. The molecule has 9 nitrogen and oxygen atoms in total. The number of pyridine rings is 1. The smallest absolute Gasteiger partial charge is 0.261 e. The fraction of sp³-hybridized carbons (Fsp3) is 0.267. The molecular weight excluding hydrogens is 528 g/mol. The van der Waals surface area contributed by atoms with Crippen LogP contribution in [0.4, 0.5) is 17.2 Å². The lowest BCUT2D eigenvalue weighted by atomic mass is 9.93. The highest BCUT2D eigenvalue weighted by molar-refractivity contribution is 6.33. The van der Waals surface area contributed by atoms with Gasteiger partial charge in [0.25, 0.3) is 11.8 Å². The summed E-state index contributed by atoms with van der Waals surface area (Å²) in [5, 5.41) is 7.14. The number of fused-ring (bicyclic) bond motifs is 2. The van der Waals surface area contributed by atoms with Crippen molar-refractivity contribution in [1.29, 1.82) is 0 Å². The van der Waals surface area contributed by atoms with Crippen LogP contribution in [0, 0.1) is 13.8 Å². The number of aromatic nitrogens is 2. The van der Waals surface area contributed by atoms with E-state index in [0.717, 1.165) is 35.5 Å². The van der Waals surface area contributed by atoms with Crippen molar-refractivity contribution in [3.8, 4) is 0 Å². The van der Waals surface area contributed by atoms with Crippen LogP contribution in [0.1, 0.15) is 49.3 Å². The molecule has 2 aliphatic heterocycles. The zero-order valence-electron chi connectivity index (χ0n) is 22.5. The first-order chi connectivity index (χ1) is 19.3. The third-order valence-electron chi connectivity index (χ3n) is 7.70. The predicted octanol–water partition coefficient (Wildman–Crippen LogP) is 5.09. The molecule has 0 spiro atoms. The van der Waals surface area contributed by atoms with Crippen molar-refractivity contribution in [2.24, 2.45) is 0 Å². The molecule has 1 unspecified atom stereocenters. The van der Waals surface area contributed by atoms with Gasteiger partial charge in [0.1, 0.15) is 17.1 Å². The number of anilines is 3. The first-order valence-electron chi connectivity index (χ1n) is 13.2. The Morgan fingerprint density at radius 1 is 1.02 bits per heavy atom. The predicted molar refractivity (Wildman–Crippen MR) is 154 cm³/mol. The summed E-state index contributed by atoms with van der Waals surface area (Å²) in [6.07, 6.45) is 1.61. The third-order valence-corrected chi connectivity index (χ3v) is 7.98. The van der Waals surface area contributed by atoms with Gasteiger partial charge in [-0.25, -0.2) is 4.98 Å². The second-order valence-electron chi connectivity index (χ2n) is 10.1. The van der Waals surface area contributed by atoms with Crippen LogP contribution in [-0.4, -0.2) is 60.1 Å². The first-order valence-corrected chi connectivity index (χ1v) is 13.6. The number of aryl methyl sites for hydroxylation is 2. The van der Waals surface area contributed by atoms with Crippen LogP contribution in [0.25, 0.3) is 0 Å². The van der Waals surface area contributed by atoms with Gasteiger partial charge >= 0.3 is 0 Å². The number of nitrogens with one attached hydrogen (secondary N) is 1. The van der Waals surface area contributed by atoms with E-state index in [9.17, 15) is 9.59 Å². The molecule has 1 fully saturated rings. The van der Waals surface area contributed by atoms with E-state index in [4.69, 9.17) is 16.1 Å². The zero-order chi connectivity index (χ0) is 28.0. The summed E-state index contributed by atoms with van der Waals surface area (Å²) in [4.78, 5) is 37.0. The summed E-state index contributed by atoms with van der Waals surface area (Å²) in [6.45, 7) is 6.36. The van der Waals surface area contributed by atoms with Crippen LogP contribution in [-0.2, 0) is 0 Å². The van der Waals surface area contributed by atoms with Crippen LogP contribution < -0.4 is 15.1 Å². The zero-order valence-corrected chi connectivity index (χ0v) is 23.3. The van der Waals surface area contributed by atoms with E-state index in [1.54, 1.807) is 31.0 Å². The van der Waals surface area contributed by atoms with Gasteiger partial charge in [0.15, 0.2) is 0 Å². The van der Waals surface area contributed by atoms with Gasteiger partial charge in [0.05, 0.1) is 28.6 Å². The number of rotatable bonds is 4. The summed E-state index contributed by atoms with van der Waals surface area (Å²) in [6, 6.07) is 17.7. The Balaban J connectivity index is 1.21. The molecule has 2 amide bonds. The van der Waals surface area contributed by atoms with Crippen molar-refractivity contribution in [3.05, 3.63) is 99.5 Å². The SMILES string of the molecule is Cc1noc(C)c1C(=O)Nc1cnc(N2CCN(C3c4ccccc4C(=O)N(C)c4ccccc43)CC2)c(Cl)c1. The molecule has 0 bridgehead atoms. The number of hydrogen-bond acceptors (Lipinski definition) is 7. The van der Waals surface area contributed by atoms with Crippen molar-refractivity contribution in [1.82, 2.24) is 15.0 Å². The number of piperazine rings is 1.